The van der Waals surface area contributed by atoms with Crippen LogP contribution in [0.4, 0.5) is 30.8 Å². The zero-order valence-electron chi connectivity index (χ0n) is 22.0. The summed E-state index contributed by atoms with van der Waals surface area (Å²) in [4.78, 5) is 34.4. The van der Waals surface area contributed by atoms with Gasteiger partial charge in [0.05, 0.1) is 5.69 Å². The normalized spacial score (nSPS) is 18.9. The Bertz CT molecular complexity index is 1570. The number of amides is 3. The molecule has 4 N–H and O–H groups in total. The first kappa shape index (κ1) is 25.8. The summed E-state index contributed by atoms with van der Waals surface area (Å²) >= 11 is 0. The summed E-state index contributed by atoms with van der Waals surface area (Å²) in [6.45, 7) is 2.46. The van der Waals surface area contributed by atoms with Crippen molar-refractivity contribution in [2.45, 2.75) is 44.7 Å². The number of urea groups is 1. The van der Waals surface area contributed by atoms with Crippen molar-refractivity contribution < 1.29 is 18.4 Å². The number of aromatic amines is 1. The predicted molar refractivity (Wildman–Crippen MR) is 151 cm³/mol. The number of likely N-dealkylation sites (tertiary alicyclic amines) is 1. The second-order valence-corrected chi connectivity index (χ2v) is 10.6. The summed E-state index contributed by atoms with van der Waals surface area (Å²) < 4.78 is 27.1. The predicted octanol–water partition coefficient (Wildman–Crippen LogP) is 6.35. The van der Waals surface area contributed by atoms with Gasteiger partial charge in [0.2, 0.25) is 5.91 Å². The highest BCUT2D eigenvalue weighted by Gasteiger charge is 2.30. The van der Waals surface area contributed by atoms with Crippen LogP contribution < -0.4 is 16.0 Å². The largest absolute Gasteiger partial charge is 0.382 e. The summed E-state index contributed by atoms with van der Waals surface area (Å²) in [5.74, 6) is -0.842. The van der Waals surface area contributed by atoms with Gasteiger partial charge < -0.3 is 25.8 Å². The molecule has 4 aromatic rings. The topological polar surface area (TPSA) is 102 Å². The monoisotopic (exact) mass is 544 g/mol. The summed E-state index contributed by atoms with van der Waals surface area (Å²) in [5.41, 5.74) is 3.64. The van der Waals surface area contributed by atoms with E-state index < -0.39 is 17.7 Å². The standard InChI is InChI=1S/C30H30F2N6O2/c1-17-14-22(11-13-38(17)30(40)35-26-9-6-20(31)15-25(26)32)34-21-7-4-18(5-8-21)24-16-27(37-29(39)19-2-3-19)36-28-23(24)10-12-33-28/h4-10,12,15-17,19,22,34H,2-3,11,13-14H2,1H3,(H,35,40)(H2,33,36,37,39)/t17-,22?/m0/s1. The van der Waals surface area contributed by atoms with E-state index in [0.717, 1.165) is 65.7 Å². The van der Waals surface area contributed by atoms with Gasteiger partial charge in [-0.1, -0.05) is 12.1 Å². The Morgan fingerprint density at radius 2 is 1.80 bits per heavy atom. The Labute approximate surface area is 230 Å². The third kappa shape index (κ3) is 5.47. The van der Waals surface area contributed by atoms with Gasteiger partial charge in [0, 0.05) is 47.9 Å². The molecule has 206 valence electrons. The Morgan fingerprint density at radius 3 is 2.52 bits per heavy atom. The highest BCUT2D eigenvalue weighted by molar-refractivity contribution is 5.99. The van der Waals surface area contributed by atoms with Crippen LogP contribution in [-0.4, -0.2) is 45.4 Å². The van der Waals surface area contributed by atoms with Crippen LogP contribution in [0.5, 0.6) is 0 Å². The highest BCUT2D eigenvalue weighted by atomic mass is 19.1. The molecule has 0 bridgehead atoms. The van der Waals surface area contributed by atoms with Crippen LogP contribution in [0.1, 0.15) is 32.6 Å². The van der Waals surface area contributed by atoms with E-state index in [0.29, 0.717) is 12.4 Å². The van der Waals surface area contributed by atoms with Crippen molar-refractivity contribution in [3.63, 3.8) is 0 Å². The Balaban J connectivity index is 1.10. The number of aromatic nitrogens is 2. The summed E-state index contributed by atoms with van der Waals surface area (Å²) in [5, 5.41) is 10.0. The third-order valence-corrected chi connectivity index (χ3v) is 7.60. The molecule has 1 saturated heterocycles. The van der Waals surface area contributed by atoms with Gasteiger partial charge in [-0.05, 0) is 80.1 Å². The molecule has 2 fully saturated rings. The second-order valence-electron chi connectivity index (χ2n) is 10.6. The van der Waals surface area contributed by atoms with Crippen molar-refractivity contribution >= 4 is 40.2 Å². The van der Waals surface area contributed by atoms with Gasteiger partial charge in [0.1, 0.15) is 23.1 Å². The number of nitrogens with zero attached hydrogens (tertiary/aromatic N) is 2. The molecule has 10 heteroatoms. The number of benzene rings is 2. The fraction of sp³-hybridized carbons (Fsp3) is 0.300. The van der Waals surface area contributed by atoms with Gasteiger partial charge in [-0.2, -0.15) is 0 Å². The minimum atomic E-state index is -0.802. The molecule has 2 aliphatic rings. The first-order chi connectivity index (χ1) is 19.3. The first-order valence-electron chi connectivity index (χ1n) is 13.5. The highest BCUT2D eigenvalue weighted by Crippen LogP contribution is 2.33. The number of piperidine rings is 1. The van der Waals surface area contributed by atoms with Crippen LogP contribution in [0.2, 0.25) is 0 Å². The fourth-order valence-electron chi connectivity index (χ4n) is 5.28. The smallest absolute Gasteiger partial charge is 0.322 e. The lowest BCUT2D eigenvalue weighted by molar-refractivity contribution is -0.117. The zero-order chi connectivity index (χ0) is 27.8. The van der Waals surface area contributed by atoms with Gasteiger partial charge in [-0.15, -0.1) is 0 Å². The minimum absolute atomic E-state index is 0.0179. The number of carbonyl (C=O) groups is 2. The molecule has 8 nitrogen and oxygen atoms in total. The number of hydrogen-bond donors (Lipinski definition) is 4. The Morgan fingerprint density at radius 1 is 1.00 bits per heavy atom. The summed E-state index contributed by atoms with van der Waals surface area (Å²) in [6.07, 6.45) is 5.15. The number of pyridine rings is 1. The fourth-order valence-corrected chi connectivity index (χ4v) is 5.28. The molecule has 1 unspecified atom stereocenters. The molecule has 0 spiro atoms. The van der Waals surface area contributed by atoms with Gasteiger partial charge in [0.15, 0.2) is 0 Å². The summed E-state index contributed by atoms with van der Waals surface area (Å²) in [6, 6.07) is 14.8. The number of fused-ring (bicyclic) bond motifs is 1. The molecule has 1 aliphatic heterocycles. The molecule has 1 saturated carbocycles. The van der Waals surface area contributed by atoms with E-state index in [4.69, 9.17) is 0 Å². The van der Waals surface area contributed by atoms with E-state index in [1.807, 2.05) is 49.5 Å². The van der Waals surface area contributed by atoms with Gasteiger partial charge in [0.25, 0.3) is 0 Å². The quantitative estimate of drug-likeness (QED) is 0.227. The van der Waals surface area contributed by atoms with Crippen LogP contribution >= 0.6 is 0 Å². The van der Waals surface area contributed by atoms with Crippen molar-refractivity contribution in [1.29, 1.82) is 0 Å². The lowest BCUT2D eigenvalue weighted by Gasteiger charge is -2.38. The maximum absolute atomic E-state index is 14.0. The average Bonchev–Trinajstić information content (AvgIpc) is 3.68. The van der Waals surface area contributed by atoms with Crippen LogP contribution in [0.15, 0.2) is 60.8 Å². The van der Waals surface area contributed by atoms with Crippen molar-refractivity contribution in [3.05, 3.63) is 72.4 Å². The molecule has 1 aliphatic carbocycles. The Hall–Kier alpha value is -4.47. The van der Waals surface area contributed by atoms with Crippen LogP contribution in [0, 0.1) is 17.6 Å². The van der Waals surface area contributed by atoms with E-state index in [-0.39, 0.29) is 29.6 Å². The van der Waals surface area contributed by atoms with Crippen molar-refractivity contribution in [2.75, 3.05) is 22.5 Å². The number of halogens is 2. The number of nitrogens with one attached hydrogen (secondary N) is 4. The van der Waals surface area contributed by atoms with Crippen molar-refractivity contribution in [1.82, 2.24) is 14.9 Å². The number of carbonyl (C=O) groups excluding carboxylic acids is 2. The van der Waals surface area contributed by atoms with Gasteiger partial charge >= 0.3 is 6.03 Å². The maximum Gasteiger partial charge on any atom is 0.322 e. The van der Waals surface area contributed by atoms with E-state index >= 15 is 0 Å². The minimum Gasteiger partial charge on any atom is -0.382 e. The number of anilines is 3. The van der Waals surface area contributed by atoms with Gasteiger partial charge in [-0.3, -0.25) is 4.79 Å². The van der Waals surface area contributed by atoms with Gasteiger partial charge in [-0.25, -0.2) is 18.6 Å². The van der Waals surface area contributed by atoms with E-state index in [1.165, 1.54) is 6.07 Å². The number of rotatable bonds is 6. The lowest BCUT2D eigenvalue weighted by atomic mass is 9.98. The van der Waals surface area contributed by atoms with E-state index in [2.05, 4.69) is 25.9 Å². The first-order valence-corrected chi connectivity index (χ1v) is 13.5. The molecule has 2 aromatic carbocycles. The van der Waals surface area contributed by atoms with Crippen molar-refractivity contribution in [2.24, 2.45) is 5.92 Å². The number of H-pyrrole nitrogens is 1. The molecule has 6 rings (SSSR count). The average molecular weight is 545 g/mol. The zero-order valence-corrected chi connectivity index (χ0v) is 22.0. The van der Waals surface area contributed by atoms with Crippen LogP contribution in [-0.2, 0) is 4.79 Å². The molecule has 0 radical (unpaired) electrons. The SMILES string of the molecule is C[C@H]1CC(Nc2ccc(-c3cc(NC(=O)C4CC4)nc4[nH]ccc34)cc2)CCN1C(=O)Nc1ccc(F)cc1F. The molecular weight excluding hydrogens is 514 g/mol. The molecule has 2 atom stereocenters. The maximum atomic E-state index is 14.0. The summed E-state index contributed by atoms with van der Waals surface area (Å²) in [7, 11) is 0. The molecule has 3 heterocycles. The molecule has 3 amide bonds. The molecule has 2 aromatic heterocycles. The number of hydrogen-bond acceptors (Lipinski definition) is 4. The lowest BCUT2D eigenvalue weighted by Crippen LogP contribution is -2.49. The van der Waals surface area contributed by atoms with Crippen molar-refractivity contribution in [3.8, 4) is 11.1 Å². The van der Waals surface area contributed by atoms with E-state index in [9.17, 15) is 18.4 Å². The third-order valence-electron chi connectivity index (χ3n) is 7.60. The molecule has 40 heavy (non-hydrogen) atoms. The Kier molecular flexibility index (Phi) is 6.83. The van der Waals surface area contributed by atoms with E-state index in [1.54, 1.807) is 4.90 Å². The van der Waals surface area contributed by atoms with Crippen LogP contribution in [0.25, 0.3) is 22.2 Å². The molecular formula is C30H30F2N6O2. The van der Waals surface area contributed by atoms with Crippen LogP contribution in [0.3, 0.4) is 0 Å². The second kappa shape index (κ2) is 10.6.